The summed E-state index contributed by atoms with van der Waals surface area (Å²) in [5, 5.41) is 3.02. The van der Waals surface area contributed by atoms with Gasteiger partial charge in [-0.3, -0.25) is 9.59 Å². The van der Waals surface area contributed by atoms with E-state index in [9.17, 15) is 9.59 Å². The Morgan fingerprint density at radius 2 is 1.76 bits per heavy atom. The fourth-order valence-electron chi connectivity index (χ4n) is 3.39. The normalized spacial score (nSPS) is 21.0. The molecular formula is C20H26N2O3. The van der Waals surface area contributed by atoms with Crippen LogP contribution in [0.25, 0.3) is 0 Å². The van der Waals surface area contributed by atoms with E-state index in [2.05, 4.69) is 5.32 Å². The van der Waals surface area contributed by atoms with Crippen LogP contribution in [0.1, 0.15) is 48.9 Å². The van der Waals surface area contributed by atoms with E-state index >= 15 is 0 Å². The average molecular weight is 342 g/mol. The van der Waals surface area contributed by atoms with Gasteiger partial charge in [0, 0.05) is 25.0 Å². The van der Waals surface area contributed by atoms with Crippen LogP contribution < -0.4 is 10.1 Å². The van der Waals surface area contributed by atoms with E-state index in [-0.39, 0.29) is 5.91 Å². The van der Waals surface area contributed by atoms with Crippen molar-refractivity contribution < 1.29 is 14.3 Å². The van der Waals surface area contributed by atoms with Gasteiger partial charge in [0.15, 0.2) is 0 Å². The molecule has 5 heteroatoms. The highest BCUT2D eigenvalue weighted by atomic mass is 16.5. The van der Waals surface area contributed by atoms with E-state index in [4.69, 9.17) is 4.74 Å². The Morgan fingerprint density at radius 3 is 2.44 bits per heavy atom. The molecule has 2 amide bonds. The molecule has 0 unspecified atom stereocenters. The van der Waals surface area contributed by atoms with Crippen molar-refractivity contribution in [3.8, 4) is 5.75 Å². The predicted octanol–water partition coefficient (Wildman–Crippen LogP) is 2.61. The molecule has 0 radical (unpaired) electrons. The second-order valence-corrected chi connectivity index (χ2v) is 7.60. The van der Waals surface area contributed by atoms with Gasteiger partial charge in [0.05, 0.1) is 12.2 Å². The van der Waals surface area contributed by atoms with E-state index < -0.39 is 0 Å². The van der Waals surface area contributed by atoms with Crippen molar-refractivity contribution in [3.05, 3.63) is 29.8 Å². The number of benzene rings is 1. The van der Waals surface area contributed by atoms with Crippen LogP contribution in [-0.2, 0) is 4.79 Å². The number of nitrogens with one attached hydrogen (secondary N) is 1. The molecule has 0 atom stereocenters. The van der Waals surface area contributed by atoms with Gasteiger partial charge in [0.1, 0.15) is 5.75 Å². The number of carbonyl (C=O) groups excluding carboxylic acids is 2. The molecule has 3 fully saturated rings. The van der Waals surface area contributed by atoms with Crippen molar-refractivity contribution in [2.45, 2.75) is 44.6 Å². The lowest BCUT2D eigenvalue weighted by Crippen LogP contribution is -2.40. The topological polar surface area (TPSA) is 58.6 Å². The second kappa shape index (κ2) is 7.06. The van der Waals surface area contributed by atoms with Gasteiger partial charge in [-0.2, -0.15) is 0 Å². The zero-order valence-electron chi connectivity index (χ0n) is 14.6. The van der Waals surface area contributed by atoms with Gasteiger partial charge < -0.3 is 15.0 Å². The highest BCUT2D eigenvalue weighted by molar-refractivity contribution is 5.97. The van der Waals surface area contributed by atoms with E-state index in [1.165, 1.54) is 0 Å². The molecule has 0 bridgehead atoms. The SMILES string of the molecule is O=C(NC1CC1)c1ccccc1OCC1CCN(C(=O)C2CC2)CC1. The first-order chi connectivity index (χ1) is 12.2. The van der Waals surface area contributed by atoms with Crippen LogP contribution in [-0.4, -0.2) is 42.5 Å². The fraction of sp³-hybridized carbons (Fsp3) is 0.600. The Bertz CT molecular complexity index is 644. The first-order valence-electron chi connectivity index (χ1n) is 9.52. The van der Waals surface area contributed by atoms with Gasteiger partial charge in [-0.25, -0.2) is 0 Å². The molecule has 4 rings (SSSR count). The Labute approximate surface area is 148 Å². The quantitative estimate of drug-likeness (QED) is 0.864. The minimum Gasteiger partial charge on any atom is -0.492 e. The smallest absolute Gasteiger partial charge is 0.255 e. The van der Waals surface area contributed by atoms with E-state index in [0.29, 0.717) is 41.7 Å². The molecular weight excluding hydrogens is 316 g/mol. The van der Waals surface area contributed by atoms with Gasteiger partial charge in [-0.05, 0) is 56.6 Å². The summed E-state index contributed by atoms with van der Waals surface area (Å²) in [5.74, 6) is 1.73. The van der Waals surface area contributed by atoms with Gasteiger partial charge in [-0.15, -0.1) is 0 Å². The summed E-state index contributed by atoms with van der Waals surface area (Å²) in [4.78, 5) is 26.4. The zero-order chi connectivity index (χ0) is 17.2. The highest BCUT2D eigenvalue weighted by Crippen LogP contribution is 2.32. The van der Waals surface area contributed by atoms with Gasteiger partial charge in [0.2, 0.25) is 5.91 Å². The first kappa shape index (κ1) is 16.4. The Balaban J connectivity index is 1.28. The number of carbonyl (C=O) groups is 2. The fourth-order valence-corrected chi connectivity index (χ4v) is 3.39. The third-order valence-electron chi connectivity index (χ3n) is 5.37. The third kappa shape index (κ3) is 4.14. The molecule has 2 aliphatic carbocycles. The molecule has 134 valence electrons. The number of rotatable bonds is 6. The summed E-state index contributed by atoms with van der Waals surface area (Å²) in [6.45, 7) is 2.29. The van der Waals surface area contributed by atoms with E-state index in [1.54, 1.807) is 0 Å². The van der Waals surface area contributed by atoms with Crippen LogP contribution in [0.3, 0.4) is 0 Å². The minimum atomic E-state index is -0.0389. The zero-order valence-corrected chi connectivity index (χ0v) is 14.6. The van der Waals surface area contributed by atoms with Crippen molar-refractivity contribution in [3.63, 3.8) is 0 Å². The minimum absolute atomic E-state index is 0.0389. The van der Waals surface area contributed by atoms with Gasteiger partial charge in [-0.1, -0.05) is 12.1 Å². The maximum absolute atomic E-state index is 12.3. The van der Waals surface area contributed by atoms with Gasteiger partial charge >= 0.3 is 0 Å². The Morgan fingerprint density at radius 1 is 1.04 bits per heavy atom. The molecule has 1 aromatic rings. The van der Waals surface area contributed by atoms with Crippen molar-refractivity contribution in [2.24, 2.45) is 11.8 Å². The first-order valence-corrected chi connectivity index (χ1v) is 9.52. The summed E-state index contributed by atoms with van der Waals surface area (Å²) >= 11 is 0. The molecule has 0 aromatic heterocycles. The monoisotopic (exact) mass is 342 g/mol. The number of amides is 2. The van der Waals surface area contributed by atoms with Crippen LogP contribution in [0.15, 0.2) is 24.3 Å². The summed E-state index contributed by atoms with van der Waals surface area (Å²) in [6.07, 6.45) is 6.26. The van der Waals surface area contributed by atoms with Crippen molar-refractivity contribution in [2.75, 3.05) is 19.7 Å². The number of nitrogens with zero attached hydrogens (tertiary/aromatic N) is 1. The second-order valence-electron chi connectivity index (χ2n) is 7.60. The molecule has 2 saturated carbocycles. The lowest BCUT2D eigenvalue weighted by atomic mass is 9.97. The molecule has 1 heterocycles. The number of ether oxygens (including phenoxy) is 1. The molecule has 3 aliphatic rings. The average Bonchev–Trinajstić information content (AvgIpc) is 3.54. The number of piperidine rings is 1. The summed E-state index contributed by atoms with van der Waals surface area (Å²) in [5.41, 5.74) is 0.621. The van der Waals surface area contributed by atoms with Crippen molar-refractivity contribution >= 4 is 11.8 Å². The predicted molar refractivity (Wildman–Crippen MR) is 94.5 cm³/mol. The van der Waals surface area contributed by atoms with E-state index in [0.717, 1.165) is 51.6 Å². The maximum Gasteiger partial charge on any atom is 0.255 e. The highest BCUT2D eigenvalue weighted by Gasteiger charge is 2.35. The molecule has 25 heavy (non-hydrogen) atoms. The van der Waals surface area contributed by atoms with Gasteiger partial charge in [0.25, 0.3) is 5.91 Å². The molecule has 0 spiro atoms. The molecule has 1 aliphatic heterocycles. The number of para-hydroxylation sites is 1. The number of hydrogen-bond donors (Lipinski definition) is 1. The summed E-state index contributed by atoms with van der Waals surface area (Å²) < 4.78 is 5.99. The standard InChI is InChI=1S/C20H26N2O3/c23-19(21-16-7-8-16)17-3-1-2-4-18(17)25-13-14-9-11-22(12-10-14)20(24)15-5-6-15/h1-4,14-16H,5-13H2,(H,21,23). The van der Waals surface area contributed by atoms with Crippen LogP contribution in [0, 0.1) is 11.8 Å². The largest absolute Gasteiger partial charge is 0.492 e. The Kier molecular flexibility index (Phi) is 4.64. The van der Waals surface area contributed by atoms with Crippen molar-refractivity contribution in [1.82, 2.24) is 10.2 Å². The van der Waals surface area contributed by atoms with Crippen LogP contribution in [0.4, 0.5) is 0 Å². The number of likely N-dealkylation sites (tertiary alicyclic amines) is 1. The number of hydrogen-bond acceptors (Lipinski definition) is 3. The molecule has 1 saturated heterocycles. The lowest BCUT2D eigenvalue weighted by Gasteiger charge is -2.32. The third-order valence-corrected chi connectivity index (χ3v) is 5.37. The maximum atomic E-state index is 12.3. The summed E-state index contributed by atoms with van der Waals surface area (Å²) in [6, 6.07) is 7.81. The lowest BCUT2D eigenvalue weighted by molar-refractivity contribution is -0.134. The molecule has 5 nitrogen and oxygen atoms in total. The van der Waals surface area contributed by atoms with Crippen LogP contribution >= 0.6 is 0 Å². The van der Waals surface area contributed by atoms with Crippen molar-refractivity contribution in [1.29, 1.82) is 0 Å². The Hall–Kier alpha value is -2.04. The van der Waals surface area contributed by atoms with Crippen LogP contribution in [0.2, 0.25) is 0 Å². The summed E-state index contributed by atoms with van der Waals surface area (Å²) in [7, 11) is 0. The molecule has 1 N–H and O–H groups in total. The van der Waals surface area contributed by atoms with Crippen LogP contribution in [0.5, 0.6) is 5.75 Å². The molecule has 1 aromatic carbocycles. The van der Waals surface area contributed by atoms with E-state index in [1.807, 2.05) is 29.2 Å².